The third-order valence-corrected chi connectivity index (χ3v) is 15.2. The van der Waals surface area contributed by atoms with Gasteiger partial charge in [0.1, 0.15) is 0 Å². The van der Waals surface area contributed by atoms with E-state index in [-0.39, 0.29) is 18.5 Å². The Morgan fingerprint density at radius 2 is 0.653 bits per heavy atom. The van der Waals surface area contributed by atoms with Crippen LogP contribution in [0.5, 0.6) is 0 Å². The molecular weight excluding hydrogens is 887 g/mol. The lowest BCUT2D eigenvalue weighted by atomic mass is 10.0. The number of allylic oxidation sites excluding steroid dienone is 3. The molecule has 3 N–H and O–H groups in total. The fraction of sp³-hybridized carbons (Fsp3) is 0.909. The van der Waals surface area contributed by atoms with Crippen molar-refractivity contribution in [3.8, 4) is 0 Å². The third-order valence-electron chi connectivity index (χ3n) is 15.2. The second kappa shape index (κ2) is 61.9. The van der Waals surface area contributed by atoms with Crippen LogP contribution in [0.1, 0.15) is 361 Å². The van der Waals surface area contributed by atoms with Gasteiger partial charge in [0.05, 0.1) is 25.4 Å². The van der Waals surface area contributed by atoms with E-state index in [4.69, 9.17) is 4.74 Å². The predicted molar refractivity (Wildman–Crippen MR) is 315 cm³/mol. The summed E-state index contributed by atoms with van der Waals surface area (Å²) in [5, 5.41) is 22.9. The van der Waals surface area contributed by atoms with E-state index < -0.39 is 12.1 Å². The number of unbranched alkanes of at least 4 members (excludes halogenated alkanes) is 48. The van der Waals surface area contributed by atoms with Gasteiger partial charge in [0.15, 0.2) is 0 Å². The first-order valence-electron chi connectivity index (χ1n) is 32.6. The summed E-state index contributed by atoms with van der Waals surface area (Å²) in [7, 11) is 0. The number of carbonyl (C=O) groups excluding carboxylic acids is 2. The van der Waals surface area contributed by atoms with E-state index in [0.717, 1.165) is 38.5 Å². The van der Waals surface area contributed by atoms with Crippen molar-refractivity contribution in [3.63, 3.8) is 0 Å². The van der Waals surface area contributed by atoms with E-state index in [1.54, 1.807) is 6.08 Å². The molecule has 0 saturated carbocycles. The zero-order valence-electron chi connectivity index (χ0n) is 48.7. The molecule has 72 heavy (non-hydrogen) atoms. The molecule has 6 nitrogen and oxygen atoms in total. The van der Waals surface area contributed by atoms with Crippen LogP contribution in [0.3, 0.4) is 0 Å². The van der Waals surface area contributed by atoms with E-state index >= 15 is 0 Å². The first kappa shape index (κ1) is 70.3. The zero-order chi connectivity index (χ0) is 52.2. The predicted octanol–water partition coefficient (Wildman–Crippen LogP) is 20.6. The van der Waals surface area contributed by atoms with Gasteiger partial charge >= 0.3 is 5.97 Å². The van der Waals surface area contributed by atoms with Crippen molar-refractivity contribution in [1.29, 1.82) is 0 Å². The third kappa shape index (κ3) is 57.6. The molecule has 0 radical (unpaired) electrons. The number of ether oxygens (including phenoxy) is 1. The van der Waals surface area contributed by atoms with Crippen molar-refractivity contribution in [3.05, 3.63) is 24.3 Å². The van der Waals surface area contributed by atoms with Gasteiger partial charge in [-0.3, -0.25) is 9.59 Å². The number of aliphatic hydroxyl groups is 2. The average molecular weight is 1010 g/mol. The van der Waals surface area contributed by atoms with E-state index in [1.165, 1.54) is 295 Å². The van der Waals surface area contributed by atoms with Crippen molar-refractivity contribution in [2.24, 2.45) is 0 Å². The first-order chi connectivity index (χ1) is 35.5. The normalized spacial score (nSPS) is 12.7. The summed E-state index contributed by atoms with van der Waals surface area (Å²) in [5.41, 5.74) is 0. The molecule has 2 unspecified atom stereocenters. The fourth-order valence-corrected chi connectivity index (χ4v) is 10.2. The molecule has 0 bridgehead atoms. The summed E-state index contributed by atoms with van der Waals surface area (Å²) in [5.74, 6) is -0.0507. The van der Waals surface area contributed by atoms with Crippen LogP contribution in [-0.2, 0) is 14.3 Å². The van der Waals surface area contributed by atoms with Crippen molar-refractivity contribution in [2.75, 3.05) is 13.2 Å². The number of hydrogen-bond acceptors (Lipinski definition) is 5. The van der Waals surface area contributed by atoms with Crippen molar-refractivity contribution in [2.45, 2.75) is 373 Å². The van der Waals surface area contributed by atoms with E-state index in [9.17, 15) is 19.8 Å². The molecule has 0 aliphatic heterocycles. The smallest absolute Gasteiger partial charge is 0.305 e. The molecule has 0 saturated heterocycles. The van der Waals surface area contributed by atoms with Gasteiger partial charge in [-0.1, -0.05) is 314 Å². The molecule has 0 aromatic rings. The lowest BCUT2D eigenvalue weighted by Gasteiger charge is -2.20. The Morgan fingerprint density at radius 3 is 0.986 bits per heavy atom. The van der Waals surface area contributed by atoms with Crippen LogP contribution in [0, 0.1) is 0 Å². The summed E-state index contributed by atoms with van der Waals surface area (Å²) in [6.07, 6.45) is 76.8. The Labute approximate surface area is 450 Å². The average Bonchev–Trinajstić information content (AvgIpc) is 3.38. The number of aliphatic hydroxyl groups excluding tert-OH is 2. The molecule has 6 heteroatoms. The number of hydrogen-bond donors (Lipinski definition) is 3. The van der Waals surface area contributed by atoms with Crippen LogP contribution < -0.4 is 5.32 Å². The largest absolute Gasteiger partial charge is 0.466 e. The van der Waals surface area contributed by atoms with Gasteiger partial charge in [0.2, 0.25) is 5.91 Å². The van der Waals surface area contributed by atoms with Gasteiger partial charge in [0.25, 0.3) is 0 Å². The van der Waals surface area contributed by atoms with E-state index in [1.807, 2.05) is 6.08 Å². The first-order valence-corrected chi connectivity index (χ1v) is 32.6. The van der Waals surface area contributed by atoms with E-state index in [0.29, 0.717) is 19.4 Å². The highest BCUT2D eigenvalue weighted by Gasteiger charge is 2.18. The van der Waals surface area contributed by atoms with Crippen LogP contribution >= 0.6 is 0 Å². The van der Waals surface area contributed by atoms with Gasteiger partial charge in [-0.2, -0.15) is 0 Å². The summed E-state index contributed by atoms with van der Waals surface area (Å²) in [6, 6.07) is -0.626. The highest BCUT2D eigenvalue weighted by Crippen LogP contribution is 2.18. The molecule has 2 atom stereocenters. The number of amides is 1. The fourth-order valence-electron chi connectivity index (χ4n) is 10.2. The maximum atomic E-state index is 12.4. The van der Waals surface area contributed by atoms with Gasteiger partial charge < -0.3 is 20.3 Å². The molecule has 0 rings (SSSR count). The number of carbonyl (C=O) groups is 2. The topological polar surface area (TPSA) is 95.9 Å². The van der Waals surface area contributed by atoms with Gasteiger partial charge in [-0.25, -0.2) is 0 Å². The summed E-state index contributed by atoms with van der Waals surface area (Å²) in [4.78, 5) is 24.5. The summed E-state index contributed by atoms with van der Waals surface area (Å²) in [6.45, 7) is 4.90. The molecule has 0 aliphatic carbocycles. The number of rotatable bonds is 61. The lowest BCUT2D eigenvalue weighted by Crippen LogP contribution is -2.45. The van der Waals surface area contributed by atoms with Crippen LogP contribution in [0.25, 0.3) is 0 Å². The Morgan fingerprint density at radius 1 is 0.375 bits per heavy atom. The molecule has 0 aromatic carbocycles. The second-order valence-corrected chi connectivity index (χ2v) is 22.5. The molecule has 0 heterocycles. The maximum Gasteiger partial charge on any atom is 0.305 e. The second-order valence-electron chi connectivity index (χ2n) is 22.5. The Bertz CT molecular complexity index is 1120. The Balaban J connectivity index is 3.34. The SMILES string of the molecule is CCCCCCCCC/C=C/C(O)C(CO)NC(=O)CCCCCCCCCCCCC/C=C\CCCCCCCCCCCCCCOC(=O)CCCCCCCCCCCCCCCCCCCCC. The highest BCUT2D eigenvalue weighted by molar-refractivity contribution is 5.76. The molecule has 0 aromatic heterocycles. The highest BCUT2D eigenvalue weighted by atomic mass is 16.5. The van der Waals surface area contributed by atoms with Crippen LogP contribution in [-0.4, -0.2) is 47.4 Å². The van der Waals surface area contributed by atoms with E-state index in [2.05, 4.69) is 31.3 Å². The molecule has 0 spiro atoms. The molecular formula is C66H127NO5. The van der Waals surface area contributed by atoms with Crippen LogP contribution in [0.15, 0.2) is 24.3 Å². The standard InChI is InChI=1S/C66H127NO5/c1-3-5-7-9-11-13-14-15-16-17-27-31-34-37-40-44-48-52-56-60-66(71)72-61-57-53-49-45-41-38-35-32-29-26-24-22-20-18-19-21-23-25-28-30-33-36-39-43-47-51-55-59-65(70)67-63(62-68)64(69)58-54-50-46-42-12-10-8-6-4-2/h18-19,54,58,63-64,68-69H,3-17,20-53,55-57,59-62H2,1-2H3,(H,67,70)/b19-18-,58-54+. The van der Waals surface area contributed by atoms with Crippen LogP contribution in [0.2, 0.25) is 0 Å². The Hall–Kier alpha value is -1.66. The van der Waals surface area contributed by atoms with Gasteiger partial charge in [-0.05, 0) is 57.8 Å². The molecule has 1 amide bonds. The van der Waals surface area contributed by atoms with Crippen molar-refractivity contribution in [1.82, 2.24) is 5.32 Å². The minimum atomic E-state index is -0.842. The molecule has 0 aliphatic rings. The summed E-state index contributed by atoms with van der Waals surface area (Å²) >= 11 is 0. The maximum absolute atomic E-state index is 12.4. The van der Waals surface area contributed by atoms with Crippen LogP contribution in [0.4, 0.5) is 0 Å². The zero-order valence-corrected chi connectivity index (χ0v) is 48.7. The molecule has 426 valence electrons. The number of esters is 1. The minimum Gasteiger partial charge on any atom is -0.466 e. The monoisotopic (exact) mass is 1010 g/mol. The summed E-state index contributed by atoms with van der Waals surface area (Å²) < 4.78 is 5.51. The minimum absolute atomic E-state index is 0.0198. The van der Waals surface area contributed by atoms with Gasteiger partial charge in [0, 0.05) is 12.8 Å². The Kier molecular flexibility index (Phi) is 60.5. The van der Waals surface area contributed by atoms with Crippen molar-refractivity contribution < 1.29 is 24.5 Å². The number of nitrogens with one attached hydrogen (secondary N) is 1. The quantitative estimate of drug-likeness (QED) is 0.0320. The van der Waals surface area contributed by atoms with Crippen molar-refractivity contribution >= 4 is 11.9 Å². The van der Waals surface area contributed by atoms with Gasteiger partial charge in [-0.15, -0.1) is 0 Å². The lowest BCUT2D eigenvalue weighted by molar-refractivity contribution is -0.143. The molecule has 0 fully saturated rings.